The van der Waals surface area contributed by atoms with Gasteiger partial charge in [0.15, 0.2) is 0 Å². The minimum atomic E-state index is 0.0417. The molecule has 0 atom stereocenters. The van der Waals surface area contributed by atoms with Crippen LogP contribution < -0.4 is 17.2 Å². The lowest BCUT2D eigenvalue weighted by Gasteiger charge is -1.93. The molecule has 1 aromatic heterocycles. The predicted octanol–water partition coefficient (Wildman–Crippen LogP) is -1.09. The van der Waals surface area contributed by atoms with Crippen molar-refractivity contribution in [1.82, 2.24) is 15.0 Å². The molecular formula is C3H7BrN6O. The van der Waals surface area contributed by atoms with E-state index in [2.05, 4.69) is 15.0 Å². The molecule has 0 aliphatic heterocycles. The molecule has 0 fully saturated rings. The summed E-state index contributed by atoms with van der Waals surface area (Å²) in [5, 5.41) is 0. The van der Waals surface area contributed by atoms with Gasteiger partial charge in [0.25, 0.3) is 0 Å². The van der Waals surface area contributed by atoms with Crippen LogP contribution in [0.25, 0.3) is 0 Å². The van der Waals surface area contributed by atoms with Crippen LogP contribution in [0.2, 0.25) is 0 Å². The van der Waals surface area contributed by atoms with E-state index in [4.69, 9.17) is 21.4 Å². The lowest BCUT2D eigenvalue weighted by molar-refractivity contribution is 0.702. The van der Waals surface area contributed by atoms with Gasteiger partial charge >= 0.3 is 0 Å². The molecule has 1 rings (SSSR count). The first-order chi connectivity index (χ1) is 5.18. The van der Waals surface area contributed by atoms with Crippen LogP contribution in [0.4, 0.5) is 17.8 Å². The Balaban J connectivity index is 0.000000461. The van der Waals surface area contributed by atoms with Crippen molar-refractivity contribution in [3.8, 4) is 0 Å². The number of halogens is 1. The van der Waals surface area contributed by atoms with E-state index in [1.165, 1.54) is 0 Å². The van der Waals surface area contributed by atoms with Gasteiger partial charge in [0.05, 0.1) is 16.3 Å². The molecule has 0 saturated carbocycles. The second kappa shape index (κ2) is 4.63. The minimum absolute atomic E-state index is 0.0417. The topological polar surface area (TPSA) is 137 Å². The highest BCUT2D eigenvalue weighted by molar-refractivity contribution is 9.05. The third-order valence-electron chi connectivity index (χ3n) is 0.687. The van der Waals surface area contributed by atoms with Crippen molar-refractivity contribution in [2.45, 2.75) is 0 Å². The molecule has 0 bridgehead atoms. The largest absolute Gasteiger partial charge is 0.368 e. The third-order valence-corrected chi connectivity index (χ3v) is 0.687. The summed E-state index contributed by atoms with van der Waals surface area (Å²) in [7, 11) is 0. The summed E-state index contributed by atoms with van der Waals surface area (Å²) in [4.78, 5) is 10.5. The summed E-state index contributed by atoms with van der Waals surface area (Å²) < 4.78 is 6.81. The molecule has 8 heteroatoms. The van der Waals surface area contributed by atoms with Crippen LogP contribution in [0.3, 0.4) is 0 Å². The zero-order chi connectivity index (χ0) is 8.85. The van der Waals surface area contributed by atoms with Crippen LogP contribution in [0, 0.1) is 0 Å². The van der Waals surface area contributed by atoms with Crippen molar-refractivity contribution in [2.75, 3.05) is 17.2 Å². The van der Waals surface area contributed by atoms with E-state index in [0.29, 0.717) is 0 Å². The van der Waals surface area contributed by atoms with Crippen molar-refractivity contribution in [3.63, 3.8) is 0 Å². The fourth-order valence-electron chi connectivity index (χ4n) is 0.427. The van der Waals surface area contributed by atoms with Crippen LogP contribution in [-0.4, -0.2) is 19.1 Å². The fourth-order valence-corrected chi connectivity index (χ4v) is 0.427. The van der Waals surface area contributed by atoms with Gasteiger partial charge in [-0.25, -0.2) is 0 Å². The Bertz CT molecular complexity index is 179. The first-order valence-electron chi connectivity index (χ1n) is 2.38. The fraction of sp³-hybridized carbons (Fsp3) is 0. The first kappa shape index (κ1) is 9.85. The smallest absolute Gasteiger partial charge is 0.226 e. The lowest BCUT2D eigenvalue weighted by atomic mass is 10.9. The van der Waals surface area contributed by atoms with Gasteiger partial charge in [-0.1, -0.05) is 0 Å². The molecular weight excluding hydrogens is 216 g/mol. The Hall–Kier alpha value is -1.15. The molecule has 0 aliphatic carbocycles. The zero-order valence-electron chi connectivity index (χ0n) is 5.40. The van der Waals surface area contributed by atoms with Crippen LogP contribution in [-0.2, 0) is 0 Å². The Morgan fingerprint density at radius 3 is 1.18 bits per heavy atom. The number of anilines is 3. The van der Waals surface area contributed by atoms with Crippen LogP contribution in [0.15, 0.2) is 0 Å². The van der Waals surface area contributed by atoms with Crippen molar-refractivity contribution >= 4 is 34.1 Å². The number of nitrogen functional groups attached to an aromatic ring is 3. The van der Waals surface area contributed by atoms with E-state index in [0.717, 1.165) is 0 Å². The van der Waals surface area contributed by atoms with E-state index >= 15 is 0 Å². The standard InChI is InChI=1S/C3H6N6.BrHO/c4-1-7-2(5)9-3(6)8-1;1-2/h(H6,4,5,6,7,8,9);2H. The molecule has 7 nitrogen and oxygen atoms in total. The molecule has 0 aliphatic rings. The first-order valence-corrected chi connectivity index (χ1v) is 3.09. The molecule has 1 heterocycles. The summed E-state index contributed by atoms with van der Waals surface area (Å²) in [6.45, 7) is 0. The van der Waals surface area contributed by atoms with E-state index in [1.54, 1.807) is 0 Å². The third kappa shape index (κ3) is 3.53. The Labute approximate surface area is 71.1 Å². The summed E-state index contributed by atoms with van der Waals surface area (Å²) in [5.41, 5.74) is 15.4. The van der Waals surface area contributed by atoms with Gasteiger partial charge in [0.2, 0.25) is 17.8 Å². The van der Waals surface area contributed by atoms with Crippen LogP contribution in [0.5, 0.6) is 0 Å². The van der Waals surface area contributed by atoms with Crippen LogP contribution in [0.1, 0.15) is 0 Å². The molecule has 0 radical (unpaired) electrons. The summed E-state index contributed by atoms with van der Waals surface area (Å²) >= 11 is 1.94. The summed E-state index contributed by atoms with van der Waals surface area (Å²) in [6.07, 6.45) is 0. The van der Waals surface area contributed by atoms with E-state index in [1.807, 2.05) is 16.3 Å². The van der Waals surface area contributed by atoms with Gasteiger partial charge in [0, 0.05) is 0 Å². The molecule has 0 amide bonds. The highest BCUT2D eigenvalue weighted by Gasteiger charge is 1.93. The molecule has 1 aromatic rings. The van der Waals surface area contributed by atoms with Crippen LogP contribution >= 0.6 is 16.3 Å². The van der Waals surface area contributed by atoms with Crippen molar-refractivity contribution in [3.05, 3.63) is 0 Å². The highest BCUT2D eigenvalue weighted by atomic mass is 79.9. The van der Waals surface area contributed by atoms with Gasteiger partial charge in [-0.2, -0.15) is 15.0 Å². The van der Waals surface area contributed by atoms with E-state index in [9.17, 15) is 0 Å². The van der Waals surface area contributed by atoms with E-state index < -0.39 is 0 Å². The number of hydrogen-bond donors (Lipinski definition) is 4. The van der Waals surface area contributed by atoms with Gasteiger partial charge in [0.1, 0.15) is 0 Å². The second-order valence-electron chi connectivity index (χ2n) is 1.41. The number of nitrogens with two attached hydrogens (primary N) is 3. The summed E-state index contributed by atoms with van der Waals surface area (Å²) in [6, 6.07) is 0. The Morgan fingerprint density at radius 2 is 1.00 bits per heavy atom. The maximum atomic E-state index is 6.81. The molecule has 0 unspecified atom stereocenters. The zero-order valence-corrected chi connectivity index (χ0v) is 6.98. The average Bonchev–Trinajstić information content (AvgIpc) is 1.88. The SMILES string of the molecule is Nc1nc(N)nc(N)n1.OBr. The van der Waals surface area contributed by atoms with Gasteiger partial charge in [-0.15, -0.1) is 0 Å². The van der Waals surface area contributed by atoms with Crippen molar-refractivity contribution < 1.29 is 4.20 Å². The van der Waals surface area contributed by atoms with Gasteiger partial charge < -0.3 is 21.4 Å². The Kier molecular flexibility index (Phi) is 4.15. The quantitative estimate of drug-likeness (QED) is 0.438. The van der Waals surface area contributed by atoms with Gasteiger partial charge in [-0.05, 0) is 0 Å². The predicted molar refractivity (Wildman–Crippen MR) is 44.2 cm³/mol. The number of aromatic nitrogens is 3. The van der Waals surface area contributed by atoms with Crippen molar-refractivity contribution in [2.24, 2.45) is 0 Å². The molecule has 0 aromatic carbocycles. The maximum absolute atomic E-state index is 6.81. The van der Waals surface area contributed by atoms with Crippen molar-refractivity contribution in [1.29, 1.82) is 0 Å². The molecule has 7 N–H and O–H groups in total. The Morgan fingerprint density at radius 1 is 0.818 bits per heavy atom. The summed E-state index contributed by atoms with van der Waals surface area (Å²) in [5.74, 6) is 0.125. The van der Waals surface area contributed by atoms with E-state index in [-0.39, 0.29) is 17.8 Å². The molecule has 0 spiro atoms. The number of nitrogens with zero attached hydrogens (tertiary/aromatic N) is 3. The van der Waals surface area contributed by atoms with Gasteiger partial charge in [-0.3, -0.25) is 0 Å². The average molecular weight is 223 g/mol. The normalized spacial score (nSPS) is 8.18. The number of hydrogen-bond acceptors (Lipinski definition) is 7. The minimum Gasteiger partial charge on any atom is -0.368 e. The maximum Gasteiger partial charge on any atom is 0.226 e. The lowest BCUT2D eigenvalue weighted by Crippen LogP contribution is -2.05. The molecule has 11 heavy (non-hydrogen) atoms. The molecule has 0 saturated heterocycles. The monoisotopic (exact) mass is 222 g/mol. The number of rotatable bonds is 0. The second-order valence-corrected chi connectivity index (χ2v) is 1.41. The molecule has 62 valence electrons. The highest BCUT2D eigenvalue weighted by Crippen LogP contribution is 1.97.